The lowest BCUT2D eigenvalue weighted by Gasteiger charge is -2.35. The molecule has 3 rings (SSSR count). The number of anilines is 1. The highest BCUT2D eigenvalue weighted by molar-refractivity contribution is 9.10. The molecule has 2 amide bonds. The van der Waals surface area contributed by atoms with Gasteiger partial charge < -0.3 is 10.2 Å². The van der Waals surface area contributed by atoms with Gasteiger partial charge in [-0.15, -0.1) is 0 Å². The second kappa shape index (κ2) is 13.7. The summed E-state index contributed by atoms with van der Waals surface area (Å²) in [6.45, 7) is 9.32. The zero-order chi connectivity index (χ0) is 30.4. The Labute approximate surface area is 253 Å². The molecule has 0 fully saturated rings. The highest BCUT2D eigenvalue weighted by atomic mass is 79.9. The number of nitrogens with one attached hydrogen (secondary N) is 1. The quantitative estimate of drug-likeness (QED) is 0.283. The van der Waals surface area contributed by atoms with E-state index in [1.807, 2.05) is 101 Å². The molecule has 0 unspecified atom stereocenters. The third-order valence-corrected chi connectivity index (χ3v) is 8.20. The summed E-state index contributed by atoms with van der Waals surface area (Å²) in [6.07, 6.45) is 1.37. The van der Waals surface area contributed by atoms with Crippen LogP contribution >= 0.6 is 15.9 Å². The number of hydrogen-bond donors (Lipinski definition) is 1. The Kier molecular flexibility index (Phi) is 10.8. The molecular weight excluding hydrogens is 602 g/mol. The van der Waals surface area contributed by atoms with Crippen molar-refractivity contribution in [2.45, 2.75) is 65.1 Å². The van der Waals surface area contributed by atoms with Crippen LogP contribution in [0, 0.1) is 0 Å². The van der Waals surface area contributed by atoms with Crippen LogP contribution in [0.25, 0.3) is 0 Å². The first-order valence-corrected chi connectivity index (χ1v) is 16.3. The molecule has 1 atom stereocenters. The Morgan fingerprint density at radius 3 is 2.02 bits per heavy atom. The lowest BCUT2D eigenvalue weighted by atomic mass is 10.00. The van der Waals surface area contributed by atoms with Gasteiger partial charge in [-0.05, 0) is 61.6 Å². The third kappa shape index (κ3) is 9.43. The Morgan fingerprint density at radius 1 is 0.878 bits per heavy atom. The average Bonchev–Trinajstić information content (AvgIpc) is 2.89. The van der Waals surface area contributed by atoms with Crippen LogP contribution in [-0.4, -0.2) is 49.5 Å². The second-order valence-corrected chi connectivity index (χ2v) is 14.4. The van der Waals surface area contributed by atoms with Crippen LogP contribution in [0.15, 0.2) is 83.3 Å². The number of para-hydroxylation sites is 1. The summed E-state index contributed by atoms with van der Waals surface area (Å²) in [4.78, 5) is 29.6. The maximum atomic E-state index is 14.3. The Hall–Kier alpha value is -3.17. The van der Waals surface area contributed by atoms with Gasteiger partial charge in [-0.25, -0.2) is 8.42 Å². The van der Waals surface area contributed by atoms with E-state index in [-0.39, 0.29) is 24.8 Å². The van der Waals surface area contributed by atoms with Crippen molar-refractivity contribution in [3.63, 3.8) is 0 Å². The molecule has 0 saturated heterocycles. The van der Waals surface area contributed by atoms with Crippen molar-refractivity contribution in [3.05, 3.63) is 100 Å². The largest absolute Gasteiger partial charge is 0.350 e. The molecule has 3 aromatic rings. The SMILES string of the molecule is CC(C)c1ccccc1N(CC(=O)N(Cc1ccc(Br)cc1)[C@@H](Cc1ccccc1)C(=O)NC(C)(C)C)S(C)(=O)=O. The fraction of sp³-hybridized carbons (Fsp3) is 0.375. The lowest BCUT2D eigenvalue weighted by molar-refractivity contribution is -0.140. The topological polar surface area (TPSA) is 86.8 Å². The summed E-state index contributed by atoms with van der Waals surface area (Å²) in [6, 6.07) is 23.4. The van der Waals surface area contributed by atoms with E-state index in [1.165, 1.54) is 4.90 Å². The predicted molar refractivity (Wildman–Crippen MR) is 169 cm³/mol. The Morgan fingerprint density at radius 2 is 1.46 bits per heavy atom. The molecule has 0 radical (unpaired) electrons. The average molecular weight is 643 g/mol. The molecule has 9 heteroatoms. The van der Waals surface area contributed by atoms with Crippen LogP contribution in [0.2, 0.25) is 0 Å². The minimum Gasteiger partial charge on any atom is -0.350 e. The smallest absolute Gasteiger partial charge is 0.244 e. The minimum absolute atomic E-state index is 0.0350. The van der Waals surface area contributed by atoms with Crippen LogP contribution in [-0.2, 0) is 32.6 Å². The van der Waals surface area contributed by atoms with Crippen LogP contribution in [0.5, 0.6) is 0 Å². The summed E-state index contributed by atoms with van der Waals surface area (Å²) >= 11 is 3.45. The van der Waals surface area contributed by atoms with E-state index in [2.05, 4.69) is 21.2 Å². The summed E-state index contributed by atoms with van der Waals surface area (Å²) in [5.41, 5.74) is 2.45. The van der Waals surface area contributed by atoms with Gasteiger partial charge in [0.15, 0.2) is 0 Å². The van der Waals surface area contributed by atoms with Gasteiger partial charge in [-0.3, -0.25) is 13.9 Å². The number of carbonyl (C=O) groups excluding carboxylic acids is 2. The number of amides is 2. The van der Waals surface area contributed by atoms with Gasteiger partial charge in [-0.2, -0.15) is 0 Å². The van der Waals surface area contributed by atoms with Crippen molar-refractivity contribution in [1.29, 1.82) is 0 Å². The molecule has 0 aliphatic carbocycles. The molecule has 220 valence electrons. The number of rotatable bonds is 11. The molecule has 0 aliphatic rings. The van der Waals surface area contributed by atoms with Crippen molar-refractivity contribution in [3.8, 4) is 0 Å². The molecule has 41 heavy (non-hydrogen) atoms. The van der Waals surface area contributed by atoms with Crippen molar-refractivity contribution >= 4 is 43.5 Å². The Balaban J connectivity index is 2.11. The molecule has 1 N–H and O–H groups in total. The van der Waals surface area contributed by atoms with Gasteiger partial charge in [0.2, 0.25) is 21.8 Å². The zero-order valence-electron chi connectivity index (χ0n) is 24.6. The van der Waals surface area contributed by atoms with E-state index >= 15 is 0 Å². The van der Waals surface area contributed by atoms with Gasteiger partial charge in [0.05, 0.1) is 11.9 Å². The number of hydrogen-bond acceptors (Lipinski definition) is 4. The molecular formula is C32H40BrN3O4S. The number of sulfonamides is 1. The normalized spacial score (nSPS) is 12.6. The number of halogens is 1. The maximum Gasteiger partial charge on any atom is 0.244 e. The summed E-state index contributed by atoms with van der Waals surface area (Å²) < 4.78 is 28.3. The molecule has 7 nitrogen and oxygen atoms in total. The van der Waals surface area contributed by atoms with Crippen molar-refractivity contribution < 1.29 is 18.0 Å². The van der Waals surface area contributed by atoms with Gasteiger partial charge in [0, 0.05) is 23.0 Å². The molecule has 0 heterocycles. The van der Waals surface area contributed by atoms with Gasteiger partial charge in [-0.1, -0.05) is 90.4 Å². The number of carbonyl (C=O) groups is 2. The van der Waals surface area contributed by atoms with Crippen LogP contribution in [0.1, 0.15) is 57.2 Å². The maximum absolute atomic E-state index is 14.3. The van der Waals surface area contributed by atoms with E-state index in [9.17, 15) is 18.0 Å². The summed E-state index contributed by atoms with van der Waals surface area (Å²) in [5.74, 6) is -0.741. The zero-order valence-corrected chi connectivity index (χ0v) is 27.0. The van der Waals surface area contributed by atoms with Gasteiger partial charge in [0.1, 0.15) is 12.6 Å². The first-order chi connectivity index (χ1) is 19.2. The standard InChI is InChI=1S/C32H40BrN3O4S/c1-23(2)27-14-10-11-15-28(27)36(41(6,39)40)22-30(37)35(21-25-16-18-26(33)19-17-25)29(31(38)34-32(3,4)5)20-24-12-8-7-9-13-24/h7-19,23,29H,20-22H2,1-6H3,(H,34,38)/t29-/m0/s1. The van der Waals surface area contributed by atoms with E-state index in [1.54, 1.807) is 12.1 Å². The van der Waals surface area contributed by atoms with Crippen LogP contribution < -0.4 is 9.62 Å². The van der Waals surface area contributed by atoms with E-state index in [0.29, 0.717) is 5.69 Å². The molecule has 3 aromatic carbocycles. The molecule has 0 saturated carbocycles. The van der Waals surface area contributed by atoms with Crippen molar-refractivity contribution in [1.82, 2.24) is 10.2 Å². The monoisotopic (exact) mass is 641 g/mol. The molecule has 0 bridgehead atoms. The first kappa shape index (κ1) is 32.3. The fourth-order valence-electron chi connectivity index (χ4n) is 4.59. The predicted octanol–water partition coefficient (Wildman–Crippen LogP) is 5.89. The summed E-state index contributed by atoms with van der Waals surface area (Å²) in [5, 5.41) is 3.04. The van der Waals surface area contributed by atoms with Gasteiger partial charge in [0.25, 0.3) is 0 Å². The van der Waals surface area contributed by atoms with Crippen LogP contribution in [0.4, 0.5) is 5.69 Å². The number of benzene rings is 3. The molecule has 0 spiro atoms. The van der Waals surface area contributed by atoms with E-state index < -0.39 is 34.1 Å². The highest BCUT2D eigenvalue weighted by Crippen LogP contribution is 2.29. The first-order valence-electron chi connectivity index (χ1n) is 13.6. The summed E-state index contributed by atoms with van der Waals surface area (Å²) in [7, 11) is -3.84. The van der Waals surface area contributed by atoms with Crippen molar-refractivity contribution in [2.24, 2.45) is 0 Å². The fourth-order valence-corrected chi connectivity index (χ4v) is 5.72. The van der Waals surface area contributed by atoms with E-state index in [4.69, 9.17) is 0 Å². The van der Waals surface area contributed by atoms with Crippen LogP contribution in [0.3, 0.4) is 0 Å². The number of nitrogens with zero attached hydrogens (tertiary/aromatic N) is 2. The third-order valence-electron chi connectivity index (χ3n) is 6.54. The highest BCUT2D eigenvalue weighted by Gasteiger charge is 2.34. The van der Waals surface area contributed by atoms with E-state index in [0.717, 1.165) is 31.7 Å². The second-order valence-electron chi connectivity index (χ2n) is 11.6. The van der Waals surface area contributed by atoms with Gasteiger partial charge >= 0.3 is 0 Å². The Bertz CT molecular complexity index is 1440. The molecule has 0 aliphatic heterocycles. The van der Waals surface area contributed by atoms with Crippen molar-refractivity contribution in [2.75, 3.05) is 17.1 Å². The lowest BCUT2D eigenvalue weighted by Crippen LogP contribution is -2.56. The minimum atomic E-state index is -3.84. The molecule has 0 aromatic heterocycles.